The van der Waals surface area contributed by atoms with Crippen LogP contribution in [0.15, 0.2) is 12.3 Å². The second-order valence-electron chi connectivity index (χ2n) is 5.33. The van der Waals surface area contributed by atoms with Crippen LogP contribution < -0.4 is 16.2 Å². The molecular formula is C13H21N5. The normalized spacial score (nSPS) is 24.7. The van der Waals surface area contributed by atoms with Gasteiger partial charge in [0.15, 0.2) is 0 Å². The quantitative estimate of drug-likeness (QED) is 0.631. The Balaban J connectivity index is 1.80. The zero-order valence-corrected chi connectivity index (χ0v) is 10.7. The van der Waals surface area contributed by atoms with E-state index in [1.165, 1.54) is 38.5 Å². The third-order valence-electron chi connectivity index (χ3n) is 4.31. The van der Waals surface area contributed by atoms with Crippen molar-refractivity contribution in [1.82, 2.24) is 9.97 Å². The van der Waals surface area contributed by atoms with E-state index in [2.05, 4.69) is 20.3 Å². The van der Waals surface area contributed by atoms with Crippen LogP contribution in [0.1, 0.15) is 38.5 Å². The first kappa shape index (κ1) is 11.7. The molecule has 0 bridgehead atoms. The van der Waals surface area contributed by atoms with Crippen molar-refractivity contribution >= 4 is 11.8 Å². The minimum absolute atomic E-state index is 0.504. The highest BCUT2D eigenvalue weighted by Crippen LogP contribution is 2.37. The highest BCUT2D eigenvalue weighted by atomic mass is 15.3. The summed E-state index contributed by atoms with van der Waals surface area (Å²) >= 11 is 0. The van der Waals surface area contributed by atoms with E-state index in [0.29, 0.717) is 12.0 Å². The van der Waals surface area contributed by atoms with E-state index < -0.39 is 0 Å². The Morgan fingerprint density at radius 2 is 2.06 bits per heavy atom. The van der Waals surface area contributed by atoms with Gasteiger partial charge in [-0.15, -0.1) is 0 Å². The Labute approximate surface area is 108 Å². The standard InChI is InChI=1S/C13H21N5/c14-17-13-15-8-7-12(16-13)18-9-3-6-11(18)10-4-1-2-5-10/h7-8,10-11H,1-6,9,14H2,(H,15,16,17). The first-order valence-corrected chi connectivity index (χ1v) is 6.95. The molecule has 1 aromatic rings. The van der Waals surface area contributed by atoms with Crippen LogP contribution in [0.5, 0.6) is 0 Å². The van der Waals surface area contributed by atoms with Crippen molar-refractivity contribution in [3.05, 3.63) is 12.3 Å². The number of anilines is 2. The van der Waals surface area contributed by atoms with Crippen LogP contribution in [-0.4, -0.2) is 22.6 Å². The molecule has 18 heavy (non-hydrogen) atoms. The lowest BCUT2D eigenvalue weighted by atomic mass is 9.96. The average Bonchev–Trinajstić information content (AvgIpc) is 3.09. The number of aromatic nitrogens is 2. The van der Waals surface area contributed by atoms with Gasteiger partial charge in [-0.25, -0.2) is 10.8 Å². The number of nitrogen functional groups attached to an aromatic ring is 1. The Hall–Kier alpha value is -1.36. The molecule has 1 saturated carbocycles. The van der Waals surface area contributed by atoms with E-state index in [1.807, 2.05) is 6.07 Å². The molecule has 1 aliphatic heterocycles. The zero-order valence-electron chi connectivity index (χ0n) is 10.7. The summed E-state index contributed by atoms with van der Waals surface area (Å²) in [4.78, 5) is 11.0. The molecule has 2 aliphatic rings. The number of nitrogens with zero attached hydrogens (tertiary/aromatic N) is 3. The first-order valence-electron chi connectivity index (χ1n) is 6.95. The molecule has 2 heterocycles. The van der Waals surface area contributed by atoms with Crippen molar-refractivity contribution in [3.63, 3.8) is 0 Å². The monoisotopic (exact) mass is 247 g/mol. The lowest BCUT2D eigenvalue weighted by molar-refractivity contribution is 0.429. The third-order valence-corrected chi connectivity index (χ3v) is 4.31. The molecule has 2 fully saturated rings. The van der Waals surface area contributed by atoms with Gasteiger partial charge in [-0.2, -0.15) is 4.98 Å². The van der Waals surface area contributed by atoms with E-state index in [4.69, 9.17) is 5.84 Å². The molecule has 5 nitrogen and oxygen atoms in total. The maximum absolute atomic E-state index is 5.38. The van der Waals surface area contributed by atoms with E-state index >= 15 is 0 Å². The van der Waals surface area contributed by atoms with Crippen LogP contribution in [0.2, 0.25) is 0 Å². The molecule has 0 spiro atoms. The van der Waals surface area contributed by atoms with Gasteiger partial charge in [0.1, 0.15) is 5.82 Å². The SMILES string of the molecule is NNc1nccc(N2CCCC2C2CCCC2)n1. The molecule has 3 rings (SSSR count). The molecule has 0 radical (unpaired) electrons. The molecule has 1 atom stereocenters. The number of hydrazine groups is 1. The van der Waals surface area contributed by atoms with Crippen molar-refractivity contribution in [2.45, 2.75) is 44.6 Å². The highest BCUT2D eigenvalue weighted by molar-refractivity contribution is 5.44. The van der Waals surface area contributed by atoms with Gasteiger partial charge < -0.3 is 4.90 Å². The van der Waals surface area contributed by atoms with Crippen molar-refractivity contribution in [2.24, 2.45) is 11.8 Å². The van der Waals surface area contributed by atoms with Crippen LogP contribution in [0, 0.1) is 5.92 Å². The van der Waals surface area contributed by atoms with E-state index in [9.17, 15) is 0 Å². The maximum Gasteiger partial charge on any atom is 0.239 e. The zero-order chi connectivity index (χ0) is 12.4. The first-order chi connectivity index (χ1) is 8.88. The summed E-state index contributed by atoms with van der Waals surface area (Å²) in [6.07, 6.45) is 9.92. The van der Waals surface area contributed by atoms with Crippen molar-refractivity contribution in [1.29, 1.82) is 0 Å². The van der Waals surface area contributed by atoms with Crippen molar-refractivity contribution < 1.29 is 0 Å². The topological polar surface area (TPSA) is 67.1 Å². The predicted octanol–water partition coefficient (Wildman–Crippen LogP) is 1.92. The summed E-state index contributed by atoms with van der Waals surface area (Å²) in [7, 11) is 0. The molecule has 1 aliphatic carbocycles. The molecule has 5 heteroatoms. The smallest absolute Gasteiger partial charge is 0.239 e. The molecule has 1 unspecified atom stereocenters. The largest absolute Gasteiger partial charge is 0.353 e. The van der Waals surface area contributed by atoms with Crippen LogP contribution >= 0.6 is 0 Å². The van der Waals surface area contributed by atoms with Crippen molar-refractivity contribution in [3.8, 4) is 0 Å². The summed E-state index contributed by atoms with van der Waals surface area (Å²) < 4.78 is 0. The van der Waals surface area contributed by atoms with Gasteiger partial charge in [-0.1, -0.05) is 12.8 Å². The van der Waals surface area contributed by atoms with Gasteiger partial charge in [-0.3, -0.25) is 5.43 Å². The molecule has 3 N–H and O–H groups in total. The van der Waals surface area contributed by atoms with Gasteiger partial charge in [0.2, 0.25) is 5.95 Å². The van der Waals surface area contributed by atoms with E-state index in [-0.39, 0.29) is 0 Å². The van der Waals surface area contributed by atoms with Crippen LogP contribution in [0.3, 0.4) is 0 Å². The van der Waals surface area contributed by atoms with Crippen molar-refractivity contribution in [2.75, 3.05) is 16.9 Å². The number of hydrogen-bond donors (Lipinski definition) is 2. The van der Waals surface area contributed by atoms with Crippen LogP contribution in [-0.2, 0) is 0 Å². The second-order valence-corrected chi connectivity index (χ2v) is 5.33. The third kappa shape index (κ3) is 2.14. The summed E-state index contributed by atoms with van der Waals surface area (Å²) in [5.74, 6) is 7.76. The maximum atomic E-state index is 5.38. The number of nitrogens with one attached hydrogen (secondary N) is 1. The number of rotatable bonds is 3. The minimum atomic E-state index is 0.504. The summed E-state index contributed by atoms with van der Waals surface area (Å²) in [5, 5.41) is 0. The number of nitrogens with two attached hydrogens (primary N) is 1. The fourth-order valence-electron chi connectivity index (χ4n) is 3.49. The summed E-state index contributed by atoms with van der Waals surface area (Å²) in [6.45, 7) is 1.11. The summed E-state index contributed by atoms with van der Waals surface area (Å²) in [6, 6.07) is 2.67. The lowest BCUT2D eigenvalue weighted by Gasteiger charge is -2.30. The van der Waals surface area contributed by atoms with E-state index in [0.717, 1.165) is 18.3 Å². The second kappa shape index (κ2) is 5.10. The Morgan fingerprint density at radius 1 is 1.22 bits per heavy atom. The molecule has 0 aromatic carbocycles. The average molecular weight is 247 g/mol. The number of hydrogen-bond acceptors (Lipinski definition) is 5. The Kier molecular flexibility index (Phi) is 3.32. The molecule has 1 saturated heterocycles. The predicted molar refractivity (Wildman–Crippen MR) is 72.2 cm³/mol. The summed E-state index contributed by atoms with van der Waals surface area (Å²) in [5.41, 5.74) is 2.53. The molecule has 98 valence electrons. The minimum Gasteiger partial charge on any atom is -0.353 e. The Morgan fingerprint density at radius 3 is 2.83 bits per heavy atom. The lowest BCUT2D eigenvalue weighted by Crippen LogP contribution is -2.35. The van der Waals surface area contributed by atoms with Gasteiger partial charge in [-0.05, 0) is 37.7 Å². The fourth-order valence-corrected chi connectivity index (χ4v) is 3.49. The molecule has 1 aromatic heterocycles. The van der Waals surface area contributed by atoms with Gasteiger partial charge in [0, 0.05) is 18.8 Å². The Bertz CT molecular complexity index is 402. The van der Waals surface area contributed by atoms with Crippen LogP contribution in [0.4, 0.5) is 11.8 Å². The van der Waals surface area contributed by atoms with Gasteiger partial charge in [0.25, 0.3) is 0 Å². The van der Waals surface area contributed by atoms with E-state index in [1.54, 1.807) is 6.20 Å². The molecular weight excluding hydrogens is 226 g/mol. The highest BCUT2D eigenvalue weighted by Gasteiger charge is 2.33. The van der Waals surface area contributed by atoms with Crippen LogP contribution in [0.25, 0.3) is 0 Å². The van der Waals surface area contributed by atoms with Gasteiger partial charge >= 0.3 is 0 Å². The molecule has 0 amide bonds. The fraction of sp³-hybridized carbons (Fsp3) is 0.692. The van der Waals surface area contributed by atoms with Gasteiger partial charge in [0.05, 0.1) is 0 Å².